The first-order valence-corrected chi connectivity index (χ1v) is 5.79. The number of hydrogen-bond acceptors (Lipinski definition) is 5. The van der Waals surface area contributed by atoms with E-state index in [4.69, 9.17) is 10.5 Å². The van der Waals surface area contributed by atoms with Gasteiger partial charge < -0.3 is 21.1 Å². The van der Waals surface area contributed by atoms with Gasteiger partial charge in [-0.05, 0) is 32.9 Å². The topological polar surface area (TPSA) is 89.3 Å². The minimum absolute atomic E-state index is 0.422. The summed E-state index contributed by atoms with van der Waals surface area (Å²) in [6, 6.07) is 3.54. The number of carbonyl (C=O) groups excluding carboxylic acids is 1. The summed E-state index contributed by atoms with van der Waals surface area (Å²) >= 11 is 0. The second kappa shape index (κ2) is 6.09. The number of anilines is 2. The summed E-state index contributed by atoms with van der Waals surface area (Å²) in [6.07, 6.45) is 1.15. The van der Waals surface area contributed by atoms with Crippen LogP contribution in [0.1, 0.15) is 20.8 Å². The highest BCUT2D eigenvalue weighted by Gasteiger charge is 2.15. The van der Waals surface area contributed by atoms with Gasteiger partial charge in [-0.1, -0.05) is 0 Å². The number of ether oxygens (including phenoxy) is 1. The van der Waals surface area contributed by atoms with E-state index in [0.29, 0.717) is 18.8 Å². The predicted molar refractivity (Wildman–Crippen MR) is 71.4 cm³/mol. The number of rotatable bonds is 4. The van der Waals surface area contributed by atoms with Crippen molar-refractivity contribution in [1.82, 2.24) is 10.3 Å². The summed E-state index contributed by atoms with van der Waals surface area (Å²) in [5.41, 5.74) is 5.66. The van der Waals surface area contributed by atoms with Crippen LogP contribution in [0.25, 0.3) is 0 Å². The van der Waals surface area contributed by atoms with Gasteiger partial charge in [-0.3, -0.25) is 0 Å². The van der Waals surface area contributed by atoms with Gasteiger partial charge >= 0.3 is 6.09 Å². The highest BCUT2D eigenvalue weighted by Crippen LogP contribution is 2.06. The third-order valence-corrected chi connectivity index (χ3v) is 1.89. The maximum absolute atomic E-state index is 11.3. The lowest BCUT2D eigenvalue weighted by Gasteiger charge is -2.19. The standard InChI is InChI=1S/C12H20N4O2/c1-12(2,3)18-11(17)15-7-6-14-10-5-4-9(13)8-16-10/h4-5,8H,6-7,13H2,1-3H3,(H,14,16)(H,15,17). The van der Waals surface area contributed by atoms with Crippen LogP contribution in [0.5, 0.6) is 0 Å². The molecule has 0 aliphatic carbocycles. The fraction of sp³-hybridized carbons (Fsp3) is 0.500. The van der Waals surface area contributed by atoms with Gasteiger partial charge in [0.25, 0.3) is 0 Å². The number of nitrogens with one attached hydrogen (secondary N) is 2. The van der Waals surface area contributed by atoms with Gasteiger partial charge in [0.05, 0.1) is 11.9 Å². The molecule has 4 N–H and O–H groups in total. The van der Waals surface area contributed by atoms with Crippen LogP contribution < -0.4 is 16.4 Å². The minimum atomic E-state index is -0.476. The van der Waals surface area contributed by atoms with Crippen LogP contribution in [-0.2, 0) is 4.74 Å². The number of alkyl carbamates (subject to hydrolysis) is 1. The van der Waals surface area contributed by atoms with Gasteiger partial charge in [0, 0.05) is 13.1 Å². The first kappa shape index (κ1) is 14.1. The van der Waals surface area contributed by atoms with Crippen molar-refractivity contribution < 1.29 is 9.53 Å². The van der Waals surface area contributed by atoms with Crippen molar-refractivity contribution >= 4 is 17.6 Å². The van der Waals surface area contributed by atoms with Crippen LogP contribution >= 0.6 is 0 Å². The molecule has 1 rings (SSSR count). The molecule has 1 aromatic heterocycles. The Morgan fingerprint density at radius 3 is 2.67 bits per heavy atom. The number of carbonyl (C=O) groups is 1. The summed E-state index contributed by atoms with van der Waals surface area (Å²) in [4.78, 5) is 15.4. The Bertz CT molecular complexity index is 384. The first-order chi connectivity index (χ1) is 8.37. The van der Waals surface area contributed by atoms with E-state index < -0.39 is 11.7 Å². The number of hydrogen-bond donors (Lipinski definition) is 3. The van der Waals surface area contributed by atoms with Gasteiger partial charge in [-0.15, -0.1) is 0 Å². The van der Waals surface area contributed by atoms with Crippen LogP contribution in [0.4, 0.5) is 16.3 Å². The van der Waals surface area contributed by atoms with E-state index in [-0.39, 0.29) is 0 Å². The monoisotopic (exact) mass is 252 g/mol. The van der Waals surface area contributed by atoms with Gasteiger partial charge in [0.2, 0.25) is 0 Å². The molecule has 1 aromatic rings. The highest BCUT2D eigenvalue weighted by atomic mass is 16.6. The summed E-state index contributed by atoms with van der Waals surface area (Å²) in [6.45, 7) is 6.49. The number of pyridine rings is 1. The zero-order valence-electron chi connectivity index (χ0n) is 11.0. The molecule has 1 amide bonds. The maximum atomic E-state index is 11.3. The third kappa shape index (κ3) is 5.93. The van der Waals surface area contributed by atoms with Crippen molar-refractivity contribution in [3.8, 4) is 0 Å². The Morgan fingerprint density at radius 2 is 2.11 bits per heavy atom. The number of nitrogens with two attached hydrogens (primary N) is 1. The Morgan fingerprint density at radius 1 is 1.39 bits per heavy atom. The van der Waals surface area contributed by atoms with Crippen LogP contribution in [0.3, 0.4) is 0 Å². The summed E-state index contributed by atoms with van der Waals surface area (Å²) in [7, 11) is 0. The normalized spacial score (nSPS) is 10.8. The quantitative estimate of drug-likeness (QED) is 0.708. The second-order valence-corrected chi connectivity index (χ2v) is 4.83. The molecule has 6 nitrogen and oxygen atoms in total. The maximum Gasteiger partial charge on any atom is 0.407 e. The Labute approximate surface area is 107 Å². The molecule has 0 fully saturated rings. The Hall–Kier alpha value is -1.98. The zero-order valence-corrected chi connectivity index (χ0v) is 11.0. The molecule has 100 valence electrons. The average molecular weight is 252 g/mol. The van der Waals surface area contributed by atoms with Crippen molar-refractivity contribution in [2.75, 3.05) is 24.1 Å². The molecule has 0 aliphatic heterocycles. The van der Waals surface area contributed by atoms with E-state index >= 15 is 0 Å². The molecule has 0 aromatic carbocycles. The summed E-state index contributed by atoms with van der Waals surface area (Å²) < 4.78 is 5.10. The van der Waals surface area contributed by atoms with Crippen LogP contribution in [0.2, 0.25) is 0 Å². The molecule has 0 unspecified atom stereocenters. The smallest absolute Gasteiger partial charge is 0.407 e. The minimum Gasteiger partial charge on any atom is -0.444 e. The van der Waals surface area contributed by atoms with Crippen LogP contribution in [0, 0.1) is 0 Å². The van der Waals surface area contributed by atoms with Crippen LogP contribution in [0.15, 0.2) is 18.3 Å². The van der Waals surface area contributed by atoms with Crippen molar-refractivity contribution in [2.45, 2.75) is 26.4 Å². The van der Waals surface area contributed by atoms with Gasteiger partial charge in [-0.25, -0.2) is 9.78 Å². The molecular weight excluding hydrogens is 232 g/mol. The molecule has 6 heteroatoms. The van der Waals surface area contributed by atoms with E-state index in [1.807, 2.05) is 20.8 Å². The lowest BCUT2D eigenvalue weighted by Crippen LogP contribution is -2.35. The molecule has 0 aliphatic rings. The number of nitrogen functional groups attached to an aromatic ring is 1. The molecule has 0 radical (unpaired) electrons. The number of nitrogens with zero attached hydrogens (tertiary/aromatic N) is 1. The Balaban J connectivity index is 2.19. The highest BCUT2D eigenvalue weighted by molar-refractivity contribution is 5.67. The molecule has 0 saturated carbocycles. The fourth-order valence-electron chi connectivity index (χ4n) is 1.18. The molecule has 1 heterocycles. The van der Waals surface area contributed by atoms with Gasteiger partial charge in [0.1, 0.15) is 11.4 Å². The lowest BCUT2D eigenvalue weighted by atomic mass is 10.2. The second-order valence-electron chi connectivity index (χ2n) is 4.83. The molecule has 18 heavy (non-hydrogen) atoms. The predicted octanol–water partition coefficient (Wildman–Crippen LogP) is 1.60. The largest absolute Gasteiger partial charge is 0.444 e. The number of amides is 1. The molecule has 0 saturated heterocycles. The average Bonchev–Trinajstić information content (AvgIpc) is 2.24. The van der Waals surface area contributed by atoms with E-state index in [0.717, 1.165) is 5.82 Å². The van der Waals surface area contributed by atoms with E-state index in [9.17, 15) is 4.79 Å². The van der Waals surface area contributed by atoms with Crippen LogP contribution in [-0.4, -0.2) is 29.8 Å². The van der Waals surface area contributed by atoms with Crippen molar-refractivity contribution in [2.24, 2.45) is 0 Å². The van der Waals surface area contributed by atoms with Crippen molar-refractivity contribution in [3.63, 3.8) is 0 Å². The van der Waals surface area contributed by atoms with Crippen molar-refractivity contribution in [3.05, 3.63) is 18.3 Å². The lowest BCUT2D eigenvalue weighted by molar-refractivity contribution is 0.0530. The van der Waals surface area contributed by atoms with E-state index in [1.54, 1.807) is 18.3 Å². The van der Waals surface area contributed by atoms with E-state index in [1.165, 1.54) is 0 Å². The van der Waals surface area contributed by atoms with Crippen molar-refractivity contribution in [1.29, 1.82) is 0 Å². The zero-order chi connectivity index (χ0) is 13.6. The fourth-order valence-corrected chi connectivity index (χ4v) is 1.18. The SMILES string of the molecule is CC(C)(C)OC(=O)NCCNc1ccc(N)cn1. The molecular formula is C12H20N4O2. The van der Waals surface area contributed by atoms with E-state index in [2.05, 4.69) is 15.6 Å². The van der Waals surface area contributed by atoms with Gasteiger partial charge in [0.15, 0.2) is 0 Å². The molecule has 0 spiro atoms. The molecule has 0 bridgehead atoms. The van der Waals surface area contributed by atoms with Gasteiger partial charge in [-0.2, -0.15) is 0 Å². The number of aromatic nitrogens is 1. The summed E-state index contributed by atoms with van der Waals surface area (Å²) in [5, 5.41) is 5.70. The third-order valence-electron chi connectivity index (χ3n) is 1.89. The molecule has 0 atom stereocenters. The first-order valence-electron chi connectivity index (χ1n) is 5.79. The Kier molecular flexibility index (Phi) is 4.76. The summed E-state index contributed by atoms with van der Waals surface area (Å²) in [5.74, 6) is 0.718.